The summed E-state index contributed by atoms with van der Waals surface area (Å²) in [6, 6.07) is 0. The van der Waals surface area contributed by atoms with Crippen molar-refractivity contribution in [3.63, 3.8) is 0 Å². The maximum atomic E-state index is 4.29. The van der Waals surface area contributed by atoms with Gasteiger partial charge in [-0.15, -0.1) is 0 Å². The summed E-state index contributed by atoms with van der Waals surface area (Å²) in [6.07, 6.45) is 5.29. The van der Waals surface area contributed by atoms with Crippen LogP contribution in [0, 0.1) is 0 Å². The lowest BCUT2D eigenvalue weighted by atomic mass is 9.56. The summed E-state index contributed by atoms with van der Waals surface area (Å²) < 4.78 is 4.54. The Hall–Kier alpha value is -1.08. The van der Waals surface area contributed by atoms with E-state index in [2.05, 4.69) is 85.2 Å². The van der Waals surface area contributed by atoms with Gasteiger partial charge in [0.05, 0.1) is 11.7 Å². The molecule has 1 saturated heterocycles. The maximum Gasteiger partial charge on any atom is 0.333 e. The van der Waals surface area contributed by atoms with Gasteiger partial charge < -0.3 is 14.3 Å². The molecule has 1 fully saturated rings. The average molecular weight is 347 g/mol. The minimum absolute atomic E-state index is 0.133. The van der Waals surface area contributed by atoms with Crippen LogP contribution in [0.5, 0.6) is 0 Å². The minimum Gasteiger partial charge on any atom is -0.353 e. The molecular weight excluding hydrogens is 312 g/mol. The highest BCUT2D eigenvalue weighted by atomic mass is 15.7. The Morgan fingerprint density at radius 2 is 1.72 bits per heavy atom. The molecule has 1 atom stereocenters. The highest BCUT2D eigenvalue weighted by molar-refractivity contribution is 6.73. The summed E-state index contributed by atoms with van der Waals surface area (Å²) in [4.78, 5) is 4.83. The van der Waals surface area contributed by atoms with Crippen molar-refractivity contribution in [2.75, 3.05) is 18.4 Å². The van der Waals surface area contributed by atoms with Crippen molar-refractivity contribution >= 4 is 19.9 Å². The first kappa shape index (κ1) is 20.2. The predicted molar refractivity (Wildman–Crippen MR) is 107 cm³/mol. The van der Waals surface area contributed by atoms with Gasteiger partial charge >= 0.3 is 6.98 Å². The lowest BCUT2D eigenvalue weighted by Gasteiger charge is -2.53. The second-order valence-corrected chi connectivity index (χ2v) is 7.91. The molecule has 140 valence electrons. The number of fused-ring (bicyclic) bond motifs is 3. The molecule has 0 amide bonds. The van der Waals surface area contributed by atoms with E-state index < -0.39 is 0 Å². The molecule has 1 aromatic rings. The second kappa shape index (κ2) is 8.08. The first-order chi connectivity index (χ1) is 11.8. The third kappa shape index (κ3) is 3.45. The SMILES string of the molecule is CCC.CCCCCN1B(C)N(C)C2N(B1C)c1nnnn1C2(C)C. The van der Waals surface area contributed by atoms with Crippen LogP contribution < -0.4 is 4.81 Å². The van der Waals surface area contributed by atoms with E-state index in [0.29, 0.717) is 14.0 Å². The van der Waals surface area contributed by atoms with Crippen LogP contribution in [0.15, 0.2) is 0 Å². The average Bonchev–Trinajstić information content (AvgIpc) is 3.11. The first-order valence-electron chi connectivity index (χ1n) is 9.87. The molecule has 0 radical (unpaired) electrons. The normalized spacial score (nSPS) is 22.6. The van der Waals surface area contributed by atoms with Crippen LogP contribution in [0.2, 0.25) is 13.6 Å². The van der Waals surface area contributed by atoms with Crippen LogP contribution in [-0.2, 0) is 5.54 Å². The molecule has 0 saturated carbocycles. The zero-order valence-electron chi connectivity index (χ0n) is 17.4. The van der Waals surface area contributed by atoms with Crippen LogP contribution in [0.1, 0.15) is 60.3 Å². The summed E-state index contributed by atoms with van der Waals surface area (Å²) in [5.74, 6) is 0.891. The highest BCUT2D eigenvalue weighted by Gasteiger charge is 2.57. The Balaban J connectivity index is 0.000000701. The second-order valence-electron chi connectivity index (χ2n) is 7.91. The molecule has 3 rings (SSSR count). The third-order valence-corrected chi connectivity index (χ3v) is 5.48. The topological polar surface area (TPSA) is 53.3 Å². The molecule has 1 aromatic heterocycles. The Kier molecular flexibility index (Phi) is 6.54. The number of rotatable bonds is 4. The monoisotopic (exact) mass is 347 g/mol. The van der Waals surface area contributed by atoms with Crippen molar-refractivity contribution in [1.29, 1.82) is 0 Å². The smallest absolute Gasteiger partial charge is 0.333 e. The van der Waals surface area contributed by atoms with Crippen molar-refractivity contribution < 1.29 is 0 Å². The molecule has 0 N–H and O–H groups in total. The van der Waals surface area contributed by atoms with Gasteiger partial charge in [0, 0.05) is 0 Å². The number of hydrogen-bond donors (Lipinski definition) is 0. The summed E-state index contributed by atoms with van der Waals surface area (Å²) in [7, 11) is 2.21. The van der Waals surface area contributed by atoms with E-state index in [9.17, 15) is 0 Å². The van der Waals surface area contributed by atoms with E-state index in [1.54, 1.807) is 0 Å². The third-order valence-electron chi connectivity index (χ3n) is 5.48. The molecule has 9 heteroatoms. The van der Waals surface area contributed by atoms with Gasteiger partial charge in [-0.2, -0.15) is 0 Å². The van der Waals surface area contributed by atoms with Gasteiger partial charge in [0.15, 0.2) is 0 Å². The Labute approximate surface area is 154 Å². The van der Waals surface area contributed by atoms with Crippen LogP contribution in [-0.4, -0.2) is 63.5 Å². The van der Waals surface area contributed by atoms with Gasteiger partial charge in [0.2, 0.25) is 5.95 Å². The van der Waals surface area contributed by atoms with Crippen molar-refractivity contribution in [2.45, 2.75) is 85.7 Å². The summed E-state index contributed by atoms with van der Waals surface area (Å²) in [5, 5.41) is 12.4. The number of unbranched alkanes of at least 4 members (excludes halogenated alkanes) is 2. The Morgan fingerprint density at radius 1 is 1.08 bits per heavy atom. The van der Waals surface area contributed by atoms with Crippen LogP contribution in [0.4, 0.5) is 5.95 Å². The lowest BCUT2D eigenvalue weighted by Crippen LogP contribution is -2.75. The van der Waals surface area contributed by atoms with Crippen LogP contribution in [0.25, 0.3) is 0 Å². The molecule has 0 aromatic carbocycles. The molecule has 0 aliphatic carbocycles. The highest BCUT2D eigenvalue weighted by Crippen LogP contribution is 2.41. The van der Waals surface area contributed by atoms with E-state index in [-0.39, 0.29) is 11.7 Å². The van der Waals surface area contributed by atoms with Gasteiger partial charge in [-0.3, -0.25) is 0 Å². The Morgan fingerprint density at radius 3 is 2.32 bits per heavy atom. The summed E-state index contributed by atoms with van der Waals surface area (Å²) >= 11 is 0. The molecular formula is C16H35B2N7. The fraction of sp³-hybridized carbons (Fsp3) is 0.938. The van der Waals surface area contributed by atoms with Crippen LogP contribution in [0.3, 0.4) is 0 Å². The van der Waals surface area contributed by atoms with E-state index in [0.717, 1.165) is 12.5 Å². The number of tetrazole rings is 1. The van der Waals surface area contributed by atoms with Crippen LogP contribution >= 0.6 is 0 Å². The van der Waals surface area contributed by atoms with E-state index in [4.69, 9.17) is 0 Å². The quantitative estimate of drug-likeness (QED) is 0.617. The molecule has 0 spiro atoms. The van der Waals surface area contributed by atoms with Gasteiger partial charge in [-0.05, 0) is 44.3 Å². The van der Waals surface area contributed by atoms with Gasteiger partial charge in [-0.1, -0.05) is 58.8 Å². The number of nitrogens with zero attached hydrogens (tertiary/aromatic N) is 7. The molecule has 2 aliphatic heterocycles. The molecule has 3 heterocycles. The van der Waals surface area contributed by atoms with Crippen molar-refractivity contribution in [3.05, 3.63) is 0 Å². The fourth-order valence-electron chi connectivity index (χ4n) is 4.17. The number of anilines is 1. The van der Waals surface area contributed by atoms with E-state index in [1.165, 1.54) is 25.7 Å². The predicted octanol–water partition coefficient (Wildman–Crippen LogP) is 2.64. The van der Waals surface area contributed by atoms with E-state index in [1.807, 2.05) is 4.68 Å². The zero-order chi connectivity index (χ0) is 18.8. The van der Waals surface area contributed by atoms with Crippen molar-refractivity contribution in [3.8, 4) is 0 Å². The van der Waals surface area contributed by atoms with Crippen molar-refractivity contribution in [1.82, 2.24) is 29.7 Å². The lowest BCUT2D eigenvalue weighted by molar-refractivity contribution is 0.187. The Bertz CT molecular complexity index is 550. The number of likely N-dealkylation sites (N-methyl/N-ethyl adjacent to an activating group) is 1. The first-order valence-corrected chi connectivity index (χ1v) is 9.87. The largest absolute Gasteiger partial charge is 0.353 e. The number of hydrogen-bond acceptors (Lipinski definition) is 6. The maximum absolute atomic E-state index is 4.29. The molecule has 7 nitrogen and oxygen atoms in total. The molecule has 1 unspecified atom stereocenters. The van der Waals surface area contributed by atoms with Gasteiger partial charge in [0.1, 0.15) is 0 Å². The molecule has 25 heavy (non-hydrogen) atoms. The summed E-state index contributed by atoms with van der Waals surface area (Å²) in [5.41, 5.74) is -0.133. The molecule has 2 aliphatic rings. The van der Waals surface area contributed by atoms with Crippen molar-refractivity contribution in [2.24, 2.45) is 0 Å². The number of aromatic nitrogens is 4. The minimum atomic E-state index is -0.133. The van der Waals surface area contributed by atoms with E-state index >= 15 is 0 Å². The zero-order valence-corrected chi connectivity index (χ0v) is 17.4. The molecule has 0 bridgehead atoms. The fourth-order valence-corrected chi connectivity index (χ4v) is 4.17. The van der Waals surface area contributed by atoms with Gasteiger partial charge in [-0.25, -0.2) is 4.68 Å². The summed E-state index contributed by atoms with van der Waals surface area (Å²) in [6.45, 7) is 17.4. The van der Waals surface area contributed by atoms with Gasteiger partial charge in [0.25, 0.3) is 6.98 Å². The standard InChI is InChI=1S/C13H27B2N7.C3H8/c1-7-8-9-10-20-14(4)19(6)11-13(2,3)22-12(16-17-18-22)21(11)15(20)5;1-3-2/h11H,7-10H2,1-6H3;3H2,1-2H3.